The van der Waals surface area contributed by atoms with Crippen molar-refractivity contribution in [2.45, 2.75) is 25.9 Å². The smallest absolute Gasteiger partial charge is 0.406 e. The van der Waals surface area contributed by atoms with Gasteiger partial charge in [-0.1, -0.05) is 25.1 Å². The van der Waals surface area contributed by atoms with Gasteiger partial charge in [0.05, 0.1) is 11.6 Å². The molecule has 0 aliphatic heterocycles. The van der Waals surface area contributed by atoms with Gasteiger partial charge in [-0.05, 0) is 24.3 Å². The van der Waals surface area contributed by atoms with Crippen LogP contribution in [0.15, 0.2) is 48.7 Å². The standard InChI is InChI=1S/C19H15F6N3O2/c1-11(18(20,21)22)9-15(29)27-17-16(28-8-3-2-7-14(28)26-17)12-5-4-6-13(10-12)30-19(23,24)25/h2-8,10-11H,9H2,1H3,(H,27,29). The third-order valence-electron chi connectivity index (χ3n) is 4.18. The molecule has 160 valence electrons. The lowest BCUT2D eigenvalue weighted by molar-refractivity contribution is -0.274. The van der Waals surface area contributed by atoms with Crippen LogP contribution in [-0.4, -0.2) is 27.8 Å². The van der Waals surface area contributed by atoms with E-state index in [1.54, 1.807) is 24.4 Å². The first-order chi connectivity index (χ1) is 13.9. The molecule has 1 N–H and O–H groups in total. The number of carbonyl (C=O) groups excluding carboxylic acids is 1. The summed E-state index contributed by atoms with van der Waals surface area (Å²) in [5.41, 5.74) is 0.759. The molecule has 0 bridgehead atoms. The van der Waals surface area contributed by atoms with Gasteiger partial charge in [0.25, 0.3) is 0 Å². The number of carbonyl (C=O) groups is 1. The second kappa shape index (κ2) is 7.88. The lowest BCUT2D eigenvalue weighted by Gasteiger charge is -2.15. The van der Waals surface area contributed by atoms with Crippen molar-refractivity contribution in [3.05, 3.63) is 48.7 Å². The van der Waals surface area contributed by atoms with Gasteiger partial charge in [-0.15, -0.1) is 13.2 Å². The van der Waals surface area contributed by atoms with E-state index in [1.807, 2.05) is 0 Å². The molecule has 0 fully saturated rings. The number of imidazole rings is 1. The first-order valence-electron chi connectivity index (χ1n) is 8.64. The highest BCUT2D eigenvalue weighted by atomic mass is 19.4. The van der Waals surface area contributed by atoms with Gasteiger partial charge in [0.2, 0.25) is 5.91 Å². The molecule has 1 unspecified atom stereocenters. The quantitative estimate of drug-likeness (QED) is 0.549. The Labute approximate surface area is 166 Å². The van der Waals surface area contributed by atoms with Gasteiger partial charge >= 0.3 is 12.5 Å². The fourth-order valence-corrected chi connectivity index (χ4v) is 2.78. The number of alkyl halides is 6. The number of rotatable bonds is 5. The van der Waals surface area contributed by atoms with E-state index < -0.39 is 36.5 Å². The van der Waals surface area contributed by atoms with Crippen molar-refractivity contribution in [1.82, 2.24) is 9.38 Å². The van der Waals surface area contributed by atoms with Gasteiger partial charge in [0.15, 0.2) is 5.82 Å². The Morgan fingerprint density at radius 1 is 1.13 bits per heavy atom. The minimum atomic E-state index is -4.90. The topological polar surface area (TPSA) is 55.6 Å². The molecular formula is C19H15F6N3O2. The van der Waals surface area contributed by atoms with Crippen molar-refractivity contribution < 1.29 is 35.9 Å². The number of aromatic nitrogens is 2. The summed E-state index contributed by atoms with van der Waals surface area (Å²) in [6.45, 7) is 0.877. The maximum Gasteiger partial charge on any atom is 0.573 e. The molecule has 0 spiro atoms. The normalized spacial score (nSPS) is 13.3. The van der Waals surface area contributed by atoms with Gasteiger partial charge in [0, 0.05) is 18.2 Å². The monoisotopic (exact) mass is 431 g/mol. The lowest BCUT2D eigenvalue weighted by atomic mass is 10.1. The number of hydrogen-bond acceptors (Lipinski definition) is 3. The highest BCUT2D eigenvalue weighted by Crippen LogP contribution is 2.34. The van der Waals surface area contributed by atoms with E-state index in [0.29, 0.717) is 5.65 Å². The summed E-state index contributed by atoms with van der Waals surface area (Å²) in [4.78, 5) is 16.3. The summed E-state index contributed by atoms with van der Waals surface area (Å²) in [6, 6.07) is 9.83. The molecule has 3 rings (SSSR count). The molecule has 1 atom stereocenters. The van der Waals surface area contributed by atoms with E-state index >= 15 is 0 Å². The lowest BCUT2D eigenvalue weighted by Crippen LogP contribution is -2.25. The van der Waals surface area contributed by atoms with Crippen molar-refractivity contribution in [1.29, 1.82) is 0 Å². The third-order valence-corrected chi connectivity index (χ3v) is 4.18. The number of benzene rings is 1. The molecule has 1 amide bonds. The average molecular weight is 431 g/mol. The van der Waals surface area contributed by atoms with Crippen LogP contribution in [0.25, 0.3) is 16.9 Å². The SMILES string of the molecule is CC(CC(=O)Nc1nc2ccccn2c1-c1cccc(OC(F)(F)F)c1)C(F)(F)F. The van der Waals surface area contributed by atoms with E-state index in [0.717, 1.165) is 19.1 Å². The van der Waals surface area contributed by atoms with Crippen LogP contribution in [0.4, 0.5) is 32.2 Å². The highest BCUT2D eigenvalue weighted by Gasteiger charge is 2.37. The molecule has 0 radical (unpaired) electrons. The van der Waals surface area contributed by atoms with Crippen LogP contribution in [0.2, 0.25) is 0 Å². The van der Waals surface area contributed by atoms with E-state index in [9.17, 15) is 31.1 Å². The van der Waals surface area contributed by atoms with E-state index in [2.05, 4.69) is 15.0 Å². The third kappa shape index (κ3) is 5.02. The number of halogens is 6. The summed E-state index contributed by atoms with van der Waals surface area (Å²) >= 11 is 0. The molecule has 0 aliphatic carbocycles. The van der Waals surface area contributed by atoms with Crippen LogP contribution in [0, 0.1) is 5.92 Å². The molecule has 11 heteroatoms. The van der Waals surface area contributed by atoms with E-state index in [4.69, 9.17) is 0 Å². The first kappa shape index (κ1) is 21.5. The van der Waals surface area contributed by atoms with Crippen LogP contribution in [-0.2, 0) is 4.79 Å². The van der Waals surface area contributed by atoms with Crippen LogP contribution in [0.5, 0.6) is 5.75 Å². The first-order valence-corrected chi connectivity index (χ1v) is 8.64. The zero-order valence-corrected chi connectivity index (χ0v) is 15.4. The van der Waals surface area contributed by atoms with Gasteiger partial charge < -0.3 is 10.1 Å². The van der Waals surface area contributed by atoms with Crippen molar-refractivity contribution in [3.8, 4) is 17.0 Å². The number of fused-ring (bicyclic) bond motifs is 1. The zero-order chi connectivity index (χ0) is 22.1. The summed E-state index contributed by atoms with van der Waals surface area (Å²) in [6.07, 6.45) is -8.71. The molecule has 30 heavy (non-hydrogen) atoms. The van der Waals surface area contributed by atoms with Gasteiger partial charge in [-0.3, -0.25) is 9.20 Å². The Hall–Kier alpha value is -3.24. The Balaban J connectivity index is 1.99. The van der Waals surface area contributed by atoms with Crippen molar-refractivity contribution in [3.63, 3.8) is 0 Å². The molecule has 5 nitrogen and oxygen atoms in total. The van der Waals surface area contributed by atoms with Gasteiger partial charge in [-0.2, -0.15) is 13.2 Å². The summed E-state index contributed by atoms with van der Waals surface area (Å²) < 4.78 is 81.3. The van der Waals surface area contributed by atoms with Gasteiger partial charge in [0.1, 0.15) is 11.4 Å². The maximum absolute atomic E-state index is 12.7. The van der Waals surface area contributed by atoms with Crippen molar-refractivity contribution in [2.75, 3.05) is 5.32 Å². The molecule has 2 heterocycles. The zero-order valence-electron chi connectivity index (χ0n) is 15.4. The predicted octanol–water partition coefficient (Wildman–Crippen LogP) is 5.43. The molecule has 0 saturated carbocycles. The van der Waals surface area contributed by atoms with E-state index in [1.165, 1.54) is 16.5 Å². The fourth-order valence-electron chi connectivity index (χ4n) is 2.78. The number of amides is 1. The number of nitrogens with one attached hydrogen (secondary N) is 1. The van der Waals surface area contributed by atoms with Crippen molar-refractivity contribution in [2.24, 2.45) is 5.92 Å². The van der Waals surface area contributed by atoms with Crippen LogP contribution in [0.1, 0.15) is 13.3 Å². The number of anilines is 1. The predicted molar refractivity (Wildman–Crippen MR) is 95.8 cm³/mol. The Morgan fingerprint density at radius 2 is 1.87 bits per heavy atom. The van der Waals surface area contributed by atoms with Gasteiger partial charge in [-0.25, -0.2) is 4.98 Å². The maximum atomic E-state index is 12.7. The summed E-state index contributed by atoms with van der Waals surface area (Å²) in [5.74, 6) is -3.37. The Kier molecular flexibility index (Phi) is 5.64. The minimum absolute atomic E-state index is 0.0790. The second-order valence-corrected chi connectivity index (χ2v) is 6.51. The Morgan fingerprint density at radius 3 is 2.53 bits per heavy atom. The fraction of sp³-hybridized carbons (Fsp3) is 0.263. The number of ether oxygens (including phenoxy) is 1. The second-order valence-electron chi connectivity index (χ2n) is 6.51. The largest absolute Gasteiger partial charge is 0.573 e. The molecule has 0 aliphatic rings. The minimum Gasteiger partial charge on any atom is -0.406 e. The summed E-state index contributed by atoms with van der Waals surface area (Å²) in [5, 5.41) is 2.34. The molecule has 2 aromatic heterocycles. The molecular weight excluding hydrogens is 416 g/mol. The molecule has 1 aromatic carbocycles. The highest BCUT2D eigenvalue weighted by molar-refractivity contribution is 5.94. The van der Waals surface area contributed by atoms with Crippen molar-refractivity contribution >= 4 is 17.4 Å². The number of nitrogens with zero attached hydrogens (tertiary/aromatic N) is 2. The van der Waals surface area contributed by atoms with Crippen LogP contribution >= 0.6 is 0 Å². The Bertz CT molecular complexity index is 1060. The van der Waals surface area contributed by atoms with Crippen LogP contribution < -0.4 is 10.1 Å². The number of pyridine rings is 1. The summed E-state index contributed by atoms with van der Waals surface area (Å²) in [7, 11) is 0. The van der Waals surface area contributed by atoms with E-state index in [-0.39, 0.29) is 17.1 Å². The average Bonchev–Trinajstić information content (AvgIpc) is 2.97. The molecule has 0 saturated heterocycles. The molecule has 3 aromatic rings. The number of hydrogen-bond donors (Lipinski definition) is 1. The van der Waals surface area contributed by atoms with Crippen LogP contribution in [0.3, 0.4) is 0 Å².